The number of hydrogen-bond acceptors (Lipinski definition) is 4. The lowest BCUT2D eigenvalue weighted by Crippen LogP contribution is -2.03. The zero-order valence-electron chi connectivity index (χ0n) is 9.74. The van der Waals surface area contributed by atoms with E-state index in [-0.39, 0.29) is 0 Å². The Balaban J connectivity index is 2.17. The molecule has 0 aliphatic rings. The van der Waals surface area contributed by atoms with Gasteiger partial charge in [0.1, 0.15) is 17.6 Å². The van der Waals surface area contributed by atoms with Crippen LogP contribution in [-0.2, 0) is 13.0 Å². The summed E-state index contributed by atoms with van der Waals surface area (Å²) in [6.45, 7) is 4.38. The first-order chi connectivity index (χ1) is 8.20. The standard InChI is InChI=1S/C12H13ClN2OS/c1-3-10-14-11(13)8(2)12(15-10)16-7-9-5-4-6-17-9/h4-6H,3,7H2,1-2H3. The van der Waals surface area contributed by atoms with Gasteiger partial charge in [-0.15, -0.1) is 11.3 Å². The summed E-state index contributed by atoms with van der Waals surface area (Å²) in [5, 5.41) is 2.49. The Hall–Kier alpha value is -1.13. The molecule has 5 heteroatoms. The van der Waals surface area contributed by atoms with Gasteiger partial charge in [0.15, 0.2) is 0 Å². The van der Waals surface area contributed by atoms with E-state index < -0.39 is 0 Å². The van der Waals surface area contributed by atoms with E-state index in [9.17, 15) is 0 Å². The maximum Gasteiger partial charge on any atom is 0.221 e. The van der Waals surface area contributed by atoms with Crippen molar-refractivity contribution in [3.63, 3.8) is 0 Å². The topological polar surface area (TPSA) is 35.0 Å². The van der Waals surface area contributed by atoms with Gasteiger partial charge in [-0.05, 0) is 18.4 Å². The lowest BCUT2D eigenvalue weighted by atomic mass is 10.3. The number of aromatic nitrogens is 2. The molecule has 0 aliphatic carbocycles. The van der Waals surface area contributed by atoms with Crippen molar-refractivity contribution in [2.24, 2.45) is 0 Å². The smallest absolute Gasteiger partial charge is 0.221 e. The fourth-order valence-electron chi connectivity index (χ4n) is 1.34. The number of hydrogen-bond donors (Lipinski definition) is 0. The van der Waals surface area contributed by atoms with E-state index in [2.05, 4.69) is 9.97 Å². The van der Waals surface area contributed by atoms with Gasteiger partial charge in [-0.1, -0.05) is 24.6 Å². The number of halogens is 1. The van der Waals surface area contributed by atoms with Crippen LogP contribution in [0.25, 0.3) is 0 Å². The number of rotatable bonds is 4. The first-order valence-electron chi connectivity index (χ1n) is 5.39. The molecule has 2 aromatic rings. The molecule has 0 saturated carbocycles. The molecule has 0 unspecified atom stereocenters. The largest absolute Gasteiger partial charge is 0.472 e. The van der Waals surface area contributed by atoms with Gasteiger partial charge in [-0.25, -0.2) is 4.98 Å². The van der Waals surface area contributed by atoms with E-state index in [0.29, 0.717) is 23.5 Å². The van der Waals surface area contributed by atoms with Crippen molar-refractivity contribution in [3.05, 3.63) is 38.9 Å². The predicted molar refractivity (Wildman–Crippen MR) is 69.8 cm³/mol. The Bertz CT molecular complexity index is 499. The Kier molecular flexibility index (Phi) is 3.97. The van der Waals surface area contributed by atoms with Gasteiger partial charge >= 0.3 is 0 Å². The molecule has 0 fully saturated rings. The minimum atomic E-state index is 0.470. The second kappa shape index (κ2) is 5.47. The number of thiophene rings is 1. The van der Waals surface area contributed by atoms with Gasteiger partial charge < -0.3 is 4.74 Å². The molecule has 2 rings (SSSR count). The molecule has 0 aliphatic heterocycles. The summed E-state index contributed by atoms with van der Waals surface area (Å²) in [5.41, 5.74) is 0.792. The molecule has 90 valence electrons. The van der Waals surface area contributed by atoms with Crippen LogP contribution in [0.4, 0.5) is 0 Å². The summed E-state index contributed by atoms with van der Waals surface area (Å²) in [5.74, 6) is 1.29. The quantitative estimate of drug-likeness (QED) is 0.794. The van der Waals surface area contributed by atoms with Gasteiger partial charge in [0, 0.05) is 16.9 Å². The van der Waals surface area contributed by atoms with Gasteiger partial charge in [-0.3, -0.25) is 0 Å². The lowest BCUT2D eigenvalue weighted by Gasteiger charge is -2.09. The van der Waals surface area contributed by atoms with E-state index in [1.165, 1.54) is 0 Å². The van der Waals surface area contributed by atoms with Crippen LogP contribution < -0.4 is 4.74 Å². The molecule has 0 atom stereocenters. The van der Waals surface area contributed by atoms with Crippen LogP contribution in [0.5, 0.6) is 5.88 Å². The summed E-state index contributed by atoms with van der Waals surface area (Å²) < 4.78 is 5.68. The number of aryl methyl sites for hydroxylation is 1. The van der Waals surface area contributed by atoms with E-state index in [1.54, 1.807) is 11.3 Å². The number of nitrogens with zero attached hydrogens (tertiary/aromatic N) is 2. The van der Waals surface area contributed by atoms with E-state index >= 15 is 0 Å². The normalized spacial score (nSPS) is 10.5. The zero-order valence-corrected chi connectivity index (χ0v) is 11.3. The van der Waals surface area contributed by atoms with E-state index in [0.717, 1.165) is 16.9 Å². The molecule has 0 amide bonds. The molecule has 3 nitrogen and oxygen atoms in total. The van der Waals surface area contributed by atoms with Crippen LogP contribution in [-0.4, -0.2) is 9.97 Å². The van der Waals surface area contributed by atoms with Crippen molar-refractivity contribution in [1.82, 2.24) is 9.97 Å². The summed E-state index contributed by atoms with van der Waals surface area (Å²) in [6, 6.07) is 4.03. The highest BCUT2D eigenvalue weighted by Crippen LogP contribution is 2.23. The molecular weight excluding hydrogens is 256 g/mol. The average molecular weight is 269 g/mol. The fourth-order valence-corrected chi connectivity index (χ4v) is 2.14. The third-order valence-corrected chi connectivity index (χ3v) is 3.55. The minimum absolute atomic E-state index is 0.470. The van der Waals surface area contributed by atoms with Crippen molar-refractivity contribution in [3.8, 4) is 5.88 Å². The number of ether oxygens (including phenoxy) is 1. The molecule has 0 bridgehead atoms. The lowest BCUT2D eigenvalue weighted by molar-refractivity contribution is 0.293. The molecule has 0 aromatic carbocycles. The monoisotopic (exact) mass is 268 g/mol. The molecule has 2 heterocycles. The maximum atomic E-state index is 6.03. The minimum Gasteiger partial charge on any atom is -0.472 e. The molecule has 17 heavy (non-hydrogen) atoms. The van der Waals surface area contributed by atoms with Crippen LogP contribution in [0.2, 0.25) is 5.15 Å². The van der Waals surface area contributed by atoms with Crippen molar-refractivity contribution >= 4 is 22.9 Å². The zero-order chi connectivity index (χ0) is 12.3. The van der Waals surface area contributed by atoms with Gasteiger partial charge in [0.05, 0.1) is 0 Å². The fraction of sp³-hybridized carbons (Fsp3) is 0.333. The van der Waals surface area contributed by atoms with Crippen molar-refractivity contribution in [2.75, 3.05) is 0 Å². The van der Waals surface area contributed by atoms with Crippen LogP contribution in [0.3, 0.4) is 0 Å². The van der Waals surface area contributed by atoms with E-state index in [1.807, 2.05) is 31.4 Å². The highest BCUT2D eigenvalue weighted by Gasteiger charge is 2.10. The first kappa shape index (κ1) is 12.3. The molecule has 0 radical (unpaired) electrons. The maximum absolute atomic E-state index is 6.03. The summed E-state index contributed by atoms with van der Waals surface area (Å²) in [6.07, 6.45) is 0.745. The first-order valence-corrected chi connectivity index (χ1v) is 6.64. The van der Waals surface area contributed by atoms with Gasteiger partial charge in [-0.2, -0.15) is 4.98 Å². The second-order valence-corrected chi connectivity index (χ2v) is 4.97. The van der Waals surface area contributed by atoms with Crippen molar-refractivity contribution in [2.45, 2.75) is 26.9 Å². The van der Waals surface area contributed by atoms with Crippen molar-refractivity contribution in [1.29, 1.82) is 0 Å². The second-order valence-electron chi connectivity index (χ2n) is 3.58. The Morgan fingerprint density at radius 1 is 1.41 bits per heavy atom. The Morgan fingerprint density at radius 2 is 2.24 bits per heavy atom. The van der Waals surface area contributed by atoms with Crippen LogP contribution in [0.15, 0.2) is 17.5 Å². The summed E-state index contributed by atoms with van der Waals surface area (Å²) >= 11 is 7.69. The molecular formula is C12H13ClN2OS. The predicted octanol–water partition coefficient (Wildman–Crippen LogP) is 3.64. The van der Waals surface area contributed by atoms with E-state index in [4.69, 9.17) is 16.3 Å². The molecule has 0 spiro atoms. The highest BCUT2D eigenvalue weighted by molar-refractivity contribution is 7.09. The average Bonchev–Trinajstić information content (AvgIpc) is 2.84. The Morgan fingerprint density at radius 3 is 2.88 bits per heavy atom. The van der Waals surface area contributed by atoms with Gasteiger partial charge in [0.25, 0.3) is 0 Å². The molecule has 2 aromatic heterocycles. The third-order valence-electron chi connectivity index (χ3n) is 2.34. The SMILES string of the molecule is CCc1nc(Cl)c(C)c(OCc2cccs2)n1. The summed E-state index contributed by atoms with van der Waals surface area (Å²) in [7, 11) is 0. The van der Waals surface area contributed by atoms with Crippen LogP contribution >= 0.6 is 22.9 Å². The van der Waals surface area contributed by atoms with Gasteiger partial charge in [0.2, 0.25) is 5.88 Å². The van der Waals surface area contributed by atoms with Crippen molar-refractivity contribution < 1.29 is 4.74 Å². The summed E-state index contributed by atoms with van der Waals surface area (Å²) in [4.78, 5) is 9.68. The Labute approximate surface area is 109 Å². The third kappa shape index (κ3) is 2.96. The molecule has 0 saturated heterocycles. The molecule has 0 N–H and O–H groups in total. The van der Waals surface area contributed by atoms with Crippen LogP contribution in [0.1, 0.15) is 23.2 Å². The highest BCUT2D eigenvalue weighted by atomic mass is 35.5. The van der Waals surface area contributed by atoms with Crippen LogP contribution in [0, 0.1) is 6.92 Å².